The van der Waals surface area contributed by atoms with Gasteiger partial charge < -0.3 is 5.11 Å². The van der Waals surface area contributed by atoms with Crippen LogP contribution in [0.5, 0.6) is 5.75 Å². The first kappa shape index (κ1) is 11.3. The van der Waals surface area contributed by atoms with Crippen LogP contribution in [0.25, 0.3) is 0 Å². The highest BCUT2D eigenvalue weighted by Crippen LogP contribution is 2.31. The molecule has 0 saturated carbocycles. The van der Waals surface area contributed by atoms with Gasteiger partial charge in [-0.15, -0.1) is 0 Å². The van der Waals surface area contributed by atoms with E-state index in [2.05, 4.69) is 15.9 Å². The number of phenols is 1. The molecule has 14 heavy (non-hydrogen) atoms. The highest BCUT2D eigenvalue weighted by molar-refractivity contribution is 9.10. The van der Waals surface area contributed by atoms with E-state index in [-0.39, 0.29) is 5.56 Å². The monoisotopic (exact) mass is 295 g/mol. The predicted molar refractivity (Wildman–Crippen MR) is 53.6 cm³/mol. The van der Waals surface area contributed by atoms with Crippen molar-refractivity contribution >= 4 is 35.7 Å². The van der Waals surface area contributed by atoms with Crippen LogP contribution in [0.1, 0.15) is 5.56 Å². The molecule has 7 heteroatoms. The predicted octanol–water partition coefficient (Wildman–Crippen LogP) is 1.95. The second kappa shape index (κ2) is 3.77. The minimum absolute atomic E-state index is 0.0852. The van der Waals surface area contributed by atoms with Crippen LogP contribution in [0.2, 0.25) is 0 Å². The molecule has 4 nitrogen and oxygen atoms in total. The fraction of sp³-hybridized carbons (Fsp3) is 0. The lowest BCUT2D eigenvalue weighted by atomic mass is 10.2. The number of halogens is 2. The Morgan fingerprint density at radius 3 is 2.50 bits per heavy atom. The van der Waals surface area contributed by atoms with Gasteiger partial charge in [0.2, 0.25) is 0 Å². The van der Waals surface area contributed by atoms with Gasteiger partial charge >= 0.3 is 0 Å². The van der Waals surface area contributed by atoms with E-state index >= 15 is 0 Å². The molecule has 0 saturated heterocycles. The van der Waals surface area contributed by atoms with Crippen molar-refractivity contribution in [3.05, 3.63) is 22.2 Å². The summed E-state index contributed by atoms with van der Waals surface area (Å²) >= 11 is 2.99. The van der Waals surface area contributed by atoms with Crippen LogP contribution in [0, 0.1) is 11.3 Å². The third-order valence-corrected chi connectivity index (χ3v) is 3.44. The van der Waals surface area contributed by atoms with E-state index in [4.69, 9.17) is 15.9 Å². The van der Waals surface area contributed by atoms with Crippen molar-refractivity contribution in [1.82, 2.24) is 0 Å². The van der Waals surface area contributed by atoms with E-state index in [1.807, 2.05) is 0 Å². The molecule has 0 heterocycles. The molecule has 0 bridgehead atoms. The van der Waals surface area contributed by atoms with Gasteiger partial charge in [0.25, 0.3) is 9.05 Å². The summed E-state index contributed by atoms with van der Waals surface area (Å²) in [6.45, 7) is 0. The molecule has 74 valence electrons. The smallest absolute Gasteiger partial charge is 0.265 e. The number of phenolic OH excluding ortho intramolecular Hbond substituents is 1. The van der Waals surface area contributed by atoms with Gasteiger partial charge in [-0.05, 0) is 28.1 Å². The lowest BCUT2D eigenvalue weighted by Crippen LogP contribution is -1.93. The average Bonchev–Trinajstić information content (AvgIpc) is 2.02. The molecule has 0 aliphatic heterocycles. The number of hydrogen-bond acceptors (Lipinski definition) is 4. The Bertz CT molecular complexity index is 520. The van der Waals surface area contributed by atoms with Crippen LogP contribution in [0.3, 0.4) is 0 Å². The maximum atomic E-state index is 10.9. The Morgan fingerprint density at radius 1 is 1.50 bits per heavy atom. The zero-order valence-corrected chi connectivity index (χ0v) is 9.69. The quantitative estimate of drug-likeness (QED) is 0.804. The molecule has 0 unspecified atom stereocenters. The largest absolute Gasteiger partial charge is 0.506 e. The molecule has 0 amide bonds. The van der Waals surface area contributed by atoms with E-state index in [0.717, 1.165) is 12.1 Å². The van der Waals surface area contributed by atoms with Crippen molar-refractivity contribution < 1.29 is 13.5 Å². The first-order valence-corrected chi connectivity index (χ1v) is 6.33. The Morgan fingerprint density at radius 2 is 2.07 bits per heavy atom. The van der Waals surface area contributed by atoms with Crippen molar-refractivity contribution in [3.63, 3.8) is 0 Å². The molecule has 0 atom stereocenters. The zero-order valence-electron chi connectivity index (χ0n) is 6.53. The van der Waals surface area contributed by atoms with E-state index in [1.165, 1.54) is 0 Å². The van der Waals surface area contributed by atoms with Gasteiger partial charge in [-0.2, -0.15) is 5.26 Å². The van der Waals surface area contributed by atoms with Gasteiger partial charge in [-0.1, -0.05) is 0 Å². The highest BCUT2D eigenvalue weighted by Gasteiger charge is 2.18. The standard InChI is InChI=1S/C7H3BrClNO3S/c8-5-2-6(11)7(14(9,12)13)1-4(5)3-10/h1-2,11H. The number of benzene rings is 1. The van der Waals surface area contributed by atoms with Crippen molar-refractivity contribution in [2.75, 3.05) is 0 Å². The molecule has 0 aromatic heterocycles. The Balaban J connectivity index is 3.58. The molecule has 0 fully saturated rings. The average molecular weight is 297 g/mol. The Labute approximate surface area is 93.3 Å². The van der Waals surface area contributed by atoms with Crippen LogP contribution >= 0.6 is 26.6 Å². The molecule has 0 aliphatic carbocycles. The fourth-order valence-corrected chi connectivity index (χ4v) is 2.18. The minimum Gasteiger partial charge on any atom is -0.506 e. The van der Waals surface area contributed by atoms with Gasteiger partial charge in [-0.3, -0.25) is 0 Å². The van der Waals surface area contributed by atoms with Crippen LogP contribution in [0.4, 0.5) is 0 Å². The Hall–Kier alpha value is -0.770. The molecule has 1 aromatic rings. The molecule has 1 aromatic carbocycles. The minimum atomic E-state index is -4.03. The summed E-state index contributed by atoms with van der Waals surface area (Å²) in [7, 11) is 1.00. The summed E-state index contributed by atoms with van der Waals surface area (Å²) in [5.74, 6) is -0.495. The topological polar surface area (TPSA) is 78.2 Å². The number of rotatable bonds is 1. The normalized spacial score (nSPS) is 10.9. The molecule has 0 aliphatic rings. The molecule has 1 rings (SSSR count). The van der Waals surface area contributed by atoms with Gasteiger partial charge in [0.15, 0.2) is 0 Å². The van der Waals surface area contributed by atoms with E-state index < -0.39 is 19.7 Å². The number of hydrogen-bond donors (Lipinski definition) is 1. The lowest BCUT2D eigenvalue weighted by Gasteiger charge is -2.02. The maximum absolute atomic E-state index is 10.9. The molecule has 1 N–H and O–H groups in total. The number of aromatic hydroxyl groups is 1. The van der Waals surface area contributed by atoms with Crippen LogP contribution < -0.4 is 0 Å². The first-order chi connectivity index (χ1) is 6.36. The summed E-state index contributed by atoms with van der Waals surface area (Å²) in [5.41, 5.74) is 0.0852. The molecular weight excluding hydrogens is 294 g/mol. The first-order valence-electron chi connectivity index (χ1n) is 3.23. The summed E-state index contributed by atoms with van der Waals surface area (Å²) < 4.78 is 22.1. The summed E-state index contributed by atoms with van der Waals surface area (Å²) in [6, 6.07) is 3.86. The Kier molecular flexibility index (Phi) is 3.04. The zero-order chi connectivity index (χ0) is 10.9. The van der Waals surface area contributed by atoms with Gasteiger partial charge in [0, 0.05) is 15.2 Å². The van der Waals surface area contributed by atoms with Crippen LogP contribution in [-0.2, 0) is 9.05 Å². The molecular formula is C7H3BrClNO3S. The third-order valence-electron chi connectivity index (χ3n) is 1.43. The molecule has 0 radical (unpaired) electrons. The number of nitriles is 1. The van der Waals surface area contributed by atoms with Crippen molar-refractivity contribution in [2.24, 2.45) is 0 Å². The second-order valence-corrected chi connectivity index (χ2v) is 5.74. The highest BCUT2D eigenvalue weighted by atomic mass is 79.9. The fourth-order valence-electron chi connectivity index (χ4n) is 0.824. The van der Waals surface area contributed by atoms with E-state index in [0.29, 0.717) is 4.47 Å². The van der Waals surface area contributed by atoms with Crippen LogP contribution in [-0.4, -0.2) is 13.5 Å². The molecule has 0 spiro atoms. The van der Waals surface area contributed by atoms with Gasteiger partial charge in [0.05, 0.1) is 5.56 Å². The summed E-state index contributed by atoms with van der Waals surface area (Å²) in [5, 5.41) is 17.8. The van der Waals surface area contributed by atoms with Crippen molar-refractivity contribution in [2.45, 2.75) is 4.90 Å². The summed E-state index contributed by atoms with van der Waals surface area (Å²) in [4.78, 5) is -0.473. The van der Waals surface area contributed by atoms with Crippen molar-refractivity contribution in [3.8, 4) is 11.8 Å². The SMILES string of the molecule is N#Cc1cc(S(=O)(=O)Cl)c(O)cc1Br. The van der Waals surface area contributed by atoms with Gasteiger partial charge in [0.1, 0.15) is 16.7 Å². The second-order valence-electron chi connectivity index (χ2n) is 2.35. The summed E-state index contributed by atoms with van der Waals surface area (Å²) in [6.07, 6.45) is 0. The van der Waals surface area contributed by atoms with Crippen LogP contribution in [0.15, 0.2) is 21.5 Å². The van der Waals surface area contributed by atoms with Gasteiger partial charge in [-0.25, -0.2) is 8.42 Å². The number of nitrogens with zero attached hydrogens (tertiary/aromatic N) is 1. The van der Waals surface area contributed by atoms with E-state index in [9.17, 15) is 13.5 Å². The third kappa shape index (κ3) is 2.18. The maximum Gasteiger partial charge on any atom is 0.265 e. The lowest BCUT2D eigenvalue weighted by molar-refractivity contribution is 0.459. The van der Waals surface area contributed by atoms with E-state index in [1.54, 1.807) is 6.07 Å². The van der Waals surface area contributed by atoms with Crippen molar-refractivity contribution in [1.29, 1.82) is 5.26 Å².